The molecule has 0 saturated heterocycles. The van der Waals surface area contributed by atoms with E-state index >= 15 is 0 Å². The molecule has 0 aliphatic rings. The summed E-state index contributed by atoms with van der Waals surface area (Å²) in [7, 11) is 1.65. The second-order valence-electron chi connectivity index (χ2n) is 8.83. The van der Waals surface area contributed by atoms with Gasteiger partial charge in [-0.2, -0.15) is 0 Å². The van der Waals surface area contributed by atoms with Gasteiger partial charge in [-0.25, -0.2) is 0 Å². The van der Waals surface area contributed by atoms with E-state index in [0.717, 1.165) is 17.0 Å². The highest BCUT2D eigenvalue weighted by Gasteiger charge is 2.15. The van der Waals surface area contributed by atoms with Crippen molar-refractivity contribution in [3.8, 4) is 5.75 Å². The number of rotatable bonds is 6. The Hall–Kier alpha value is -3.18. The Balaban J connectivity index is 1.66. The second kappa shape index (κ2) is 9.96. The highest BCUT2D eigenvalue weighted by molar-refractivity contribution is 7.80. The number of methoxy groups -OCH3 is 1. The van der Waals surface area contributed by atoms with Crippen molar-refractivity contribution in [1.29, 1.82) is 0 Å². The topological polar surface area (TPSA) is 50.4 Å². The van der Waals surface area contributed by atoms with Crippen molar-refractivity contribution in [3.05, 3.63) is 95.1 Å². The van der Waals surface area contributed by atoms with Crippen LogP contribution in [0.25, 0.3) is 0 Å². The zero-order valence-electron chi connectivity index (χ0n) is 19.2. The number of nitrogens with one attached hydrogen (secondary N) is 2. The quantitative estimate of drug-likeness (QED) is 0.345. The number of anilines is 1. The summed E-state index contributed by atoms with van der Waals surface area (Å²) in [5.41, 5.74) is 4.40. The van der Waals surface area contributed by atoms with E-state index in [1.165, 1.54) is 5.56 Å². The van der Waals surface area contributed by atoms with Crippen LogP contribution in [-0.4, -0.2) is 18.0 Å². The molecule has 0 bridgehead atoms. The molecular weight excluding hydrogens is 416 g/mol. The van der Waals surface area contributed by atoms with E-state index < -0.39 is 0 Å². The van der Waals surface area contributed by atoms with Crippen LogP contribution in [0.2, 0.25) is 0 Å². The van der Waals surface area contributed by atoms with Crippen LogP contribution < -0.4 is 15.4 Å². The number of hydrogen-bond donors (Lipinski definition) is 2. The van der Waals surface area contributed by atoms with Crippen molar-refractivity contribution in [2.24, 2.45) is 0 Å². The van der Waals surface area contributed by atoms with Gasteiger partial charge >= 0.3 is 0 Å². The Morgan fingerprint density at radius 2 is 1.59 bits per heavy atom. The molecule has 0 spiro atoms. The van der Waals surface area contributed by atoms with Gasteiger partial charge in [0.2, 0.25) is 0 Å². The Bertz CT molecular complexity index is 1080. The molecule has 1 unspecified atom stereocenters. The van der Waals surface area contributed by atoms with Crippen LogP contribution in [0.15, 0.2) is 72.8 Å². The normalized spacial score (nSPS) is 12.0. The minimum Gasteiger partial charge on any atom is -0.497 e. The van der Waals surface area contributed by atoms with Gasteiger partial charge in [-0.1, -0.05) is 69.3 Å². The summed E-state index contributed by atoms with van der Waals surface area (Å²) in [6.45, 7) is 8.51. The highest BCUT2D eigenvalue weighted by Crippen LogP contribution is 2.23. The molecule has 0 aromatic heterocycles. The molecule has 2 N–H and O–H groups in total. The zero-order chi connectivity index (χ0) is 23.3. The molecule has 3 aromatic rings. The molecule has 0 aliphatic carbocycles. The number of ether oxygens (including phenoxy) is 1. The van der Waals surface area contributed by atoms with Crippen LogP contribution in [0.5, 0.6) is 5.75 Å². The molecule has 0 amide bonds. The maximum atomic E-state index is 13.0. The van der Waals surface area contributed by atoms with Crippen LogP contribution >= 0.6 is 12.2 Å². The summed E-state index contributed by atoms with van der Waals surface area (Å²) in [5, 5.41) is 6.95. The summed E-state index contributed by atoms with van der Waals surface area (Å²) in [4.78, 5) is 13.0. The van der Waals surface area contributed by atoms with Gasteiger partial charge < -0.3 is 15.4 Å². The molecule has 4 nitrogen and oxygen atoms in total. The van der Waals surface area contributed by atoms with Gasteiger partial charge in [0.1, 0.15) is 5.75 Å². The van der Waals surface area contributed by atoms with Gasteiger partial charge in [-0.05, 0) is 59.9 Å². The first-order chi connectivity index (χ1) is 15.2. The lowest BCUT2D eigenvalue weighted by molar-refractivity contribution is 0.103. The average Bonchev–Trinajstić information content (AvgIpc) is 2.78. The van der Waals surface area contributed by atoms with Gasteiger partial charge in [0.15, 0.2) is 10.9 Å². The predicted octanol–water partition coefficient (Wildman–Crippen LogP) is 6.27. The molecule has 0 fully saturated rings. The van der Waals surface area contributed by atoms with Crippen LogP contribution in [0.3, 0.4) is 0 Å². The fraction of sp³-hybridized carbons (Fsp3) is 0.259. The lowest BCUT2D eigenvalue weighted by atomic mass is 9.86. The summed E-state index contributed by atoms with van der Waals surface area (Å²) in [6.07, 6.45) is 0. The van der Waals surface area contributed by atoms with Crippen LogP contribution in [-0.2, 0) is 5.41 Å². The summed E-state index contributed by atoms with van der Waals surface area (Å²) in [6, 6.07) is 23.1. The Labute approximate surface area is 196 Å². The van der Waals surface area contributed by atoms with Crippen molar-refractivity contribution in [2.75, 3.05) is 12.4 Å². The van der Waals surface area contributed by atoms with Gasteiger partial charge in [-0.3, -0.25) is 4.79 Å². The Morgan fingerprint density at radius 3 is 2.19 bits per heavy atom. The molecule has 0 saturated carbocycles. The Morgan fingerprint density at radius 1 is 0.938 bits per heavy atom. The van der Waals surface area contributed by atoms with E-state index in [2.05, 4.69) is 31.4 Å². The van der Waals surface area contributed by atoms with Crippen molar-refractivity contribution >= 4 is 28.8 Å². The maximum absolute atomic E-state index is 13.0. The third-order valence-electron chi connectivity index (χ3n) is 5.36. The van der Waals surface area contributed by atoms with E-state index in [9.17, 15) is 4.79 Å². The summed E-state index contributed by atoms with van der Waals surface area (Å²) in [5.74, 6) is 0.802. The van der Waals surface area contributed by atoms with E-state index in [4.69, 9.17) is 17.0 Å². The van der Waals surface area contributed by atoms with Crippen molar-refractivity contribution in [1.82, 2.24) is 5.32 Å². The number of carbonyl (C=O) groups excluding carboxylic acids is 1. The average molecular weight is 447 g/mol. The minimum absolute atomic E-state index is 0.0143. The van der Waals surface area contributed by atoms with Crippen molar-refractivity contribution in [2.45, 2.75) is 39.2 Å². The molecule has 166 valence electrons. The molecule has 0 aliphatic heterocycles. The van der Waals surface area contributed by atoms with E-state index in [-0.39, 0.29) is 17.2 Å². The SMILES string of the molecule is COc1ccc(C(C)NC(=S)Nc2cccc(C(=O)c3ccc(C(C)(C)C)cc3)c2)cc1. The second-order valence-corrected chi connectivity index (χ2v) is 9.24. The van der Waals surface area contributed by atoms with Crippen LogP contribution in [0.4, 0.5) is 5.69 Å². The lowest BCUT2D eigenvalue weighted by Crippen LogP contribution is -2.30. The van der Waals surface area contributed by atoms with Gasteiger partial charge in [0, 0.05) is 16.8 Å². The van der Waals surface area contributed by atoms with E-state index in [1.807, 2.05) is 79.7 Å². The Kier molecular flexibility index (Phi) is 7.31. The largest absolute Gasteiger partial charge is 0.497 e. The molecule has 0 heterocycles. The molecule has 0 radical (unpaired) electrons. The first-order valence-electron chi connectivity index (χ1n) is 10.6. The van der Waals surface area contributed by atoms with Crippen molar-refractivity contribution in [3.63, 3.8) is 0 Å². The molecule has 1 atom stereocenters. The third-order valence-corrected chi connectivity index (χ3v) is 5.58. The van der Waals surface area contributed by atoms with E-state index in [1.54, 1.807) is 7.11 Å². The number of benzene rings is 3. The molecule has 32 heavy (non-hydrogen) atoms. The van der Waals surface area contributed by atoms with Gasteiger partial charge in [0.25, 0.3) is 0 Å². The van der Waals surface area contributed by atoms with E-state index in [0.29, 0.717) is 16.2 Å². The molecule has 3 rings (SSSR count). The maximum Gasteiger partial charge on any atom is 0.193 e. The summed E-state index contributed by atoms with van der Waals surface area (Å²) >= 11 is 5.48. The van der Waals surface area contributed by atoms with Gasteiger partial charge in [0.05, 0.1) is 13.2 Å². The minimum atomic E-state index is -0.0143. The summed E-state index contributed by atoms with van der Waals surface area (Å²) < 4.78 is 5.21. The number of thiocarbonyl (C=S) groups is 1. The standard InChI is InChI=1S/C27H30N2O2S/c1-18(19-11-15-24(31-5)16-12-19)28-26(32)29-23-8-6-7-21(17-23)25(30)20-9-13-22(14-10-20)27(2,3)4/h6-18H,1-5H3,(H2,28,29,32). The fourth-order valence-corrected chi connectivity index (χ4v) is 3.66. The first kappa shape index (κ1) is 23.5. The monoisotopic (exact) mass is 446 g/mol. The van der Waals surface area contributed by atoms with Gasteiger partial charge in [-0.15, -0.1) is 0 Å². The molecule has 3 aromatic carbocycles. The number of carbonyl (C=O) groups is 1. The fourth-order valence-electron chi connectivity index (χ4n) is 3.37. The molecule has 5 heteroatoms. The van der Waals surface area contributed by atoms with Crippen LogP contribution in [0, 0.1) is 0 Å². The number of ketones is 1. The zero-order valence-corrected chi connectivity index (χ0v) is 20.0. The first-order valence-corrected chi connectivity index (χ1v) is 11.0. The smallest absolute Gasteiger partial charge is 0.193 e. The van der Waals surface area contributed by atoms with Crippen molar-refractivity contribution < 1.29 is 9.53 Å². The third kappa shape index (κ3) is 5.95. The van der Waals surface area contributed by atoms with Crippen LogP contribution in [0.1, 0.15) is 60.8 Å². The predicted molar refractivity (Wildman–Crippen MR) is 136 cm³/mol. The highest BCUT2D eigenvalue weighted by atomic mass is 32.1. The molecular formula is C27H30N2O2S. The lowest BCUT2D eigenvalue weighted by Gasteiger charge is -2.19. The number of hydrogen-bond acceptors (Lipinski definition) is 3.